The molecule has 0 radical (unpaired) electrons. The van der Waals surface area contributed by atoms with E-state index in [0.29, 0.717) is 5.39 Å². The highest BCUT2D eigenvalue weighted by molar-refractivity contribution is 7.86. The maximum atomic E-state index is 11.5. The fourth-order valence-electron chi connectivity index (χ4n) is 2.95. The lowest BCUT2D eigenvalue weighted by Gasteiger charge is -2.04. The molecule has 0 saturated carbocycles. The molecule has 0 aromatic heterocycles. The van der Waals surface area contributed by atoms with Crippen molar-refractivity contribution in [3.63, 3.8) is 0 Å². The van der Waals surface area contributed by atoms with Crippen LogP contribution in [0.15, 0.2) is 35.2 Å². The second-order valence-corrected chi connectivity index (χ2v) is 6.41. The minimum atomic E-state index is -4.21. The van der Waals surface area contributed by atoms with Crippen molar-refractivity contribution in [2.24, 2.45) is 0 Å². The van der Waals surface area contributed by atoms with Gasteiger partial charge in [-0.15, -0.1) is 0 Å². The van der Waals surface area contributed by atoms with Crippen molar-refractivity contribution in [3.8, 4) is 0 Å². The van der Waals surface area contributed by atoms with Gasteiger partial charge in [-0.05, 0) is 12.1 Å². The van der Waals surface area contributed by atoms with Crippen molar-refractivity contribution in [1.82, 2.24) is 0 Å². The molecule has 20 heavy (non-hydrogen) atoms. The predicted octanol–water partition coefficient (Wildman–Crippen LogP) is 2.96. The Bertz CT molecular complexity index is 851. The molecule has 5 heteroatoms. The summed E-state index contributed by atoms with van der Waals surface area (Å²) < 4.78 is 34.6. The van der Waals surface area contributed by atoms with E-state index in [0.717, 1.165) is 35.3 Å². The van der Waals surface area contributed by atoms with Gasteiger partial charge in [0, 0.05) is 24.8 Å². The zero-order chi connectivity index (χ0) is 14.5. The lowest BCUT2D eigenvalue weighted by atomic mass is 10.0. The summed E-state index contributed by atoms with van der Waals surface area (Å²) in [6, 6.07) is 8.83. The van der Waals surface area contributed by atoms with Gasteiger partial charge >= 0.3 is 0 Å². The van der Waals surface area contributed by atoms with Crippen LogP contribution in [0.25, 0.3) is 10.8 Å². The highest BCUT2D eigenvalue weighted by Gasteiger charge is 2.30. The van der Waals surface area contributed by atoms with Gasteiger partial charge in [0.1, 0.15) is 11.4 Å². The first-order valence-corrected chi connectivity index (χ1v) is 8.04. The van der Waals surface area contributed by atoms with E-state index in [2.05, 4.69) is 11.5 Å². The summed E-state index contributed by atoms with van der Waals surface area (Å²) >= 11 is 0. The molecule has 0 aliphatic carbocycles. The molecule has 0 spiro atoms. The highest BCUT2D eigenvalue weighted by atomic mass is 32.2. The molecule has 0 fully saturated rings. The van der Waals surface area contributed by atoms with Crippen LogP contribution in [0.1, 0.15) is 25.8 Å². The summed E-state index contributed by atoms with van der Waals surface area (Å²) in [6.45, 7) is 5.04. The zero-order valence-corrected chi connectivity index (χ0v) is 12.2. The molecule has 2 aromatic carbocycles. The quantitative estimate of drug-likeness (QED) is 0.698. The van der Waals surface area contributed by atoms with E-state index < -0.39 is 10.1 Å². The summed E-state index contributed by atoms with van der Waals surface area (Å²) in [5.41, 5.74) is 3.18. The van der Waals surface area contributed by atoms with Gasteiger partial charge in [0.2, 0.25) is 5.69 Å². The lowest BCUT2D eigenvalue weighted by Crippen LogP contribution is -2.11. The fourth-order valence-corrected chi connectivity index (χ4v) is 3.64. The van der Waals surface area contributed by atoms with E-state index in [9.17, 15) is 13.0 Å². The molecule has 1 N–H and O–H groups in total. The Morgan fingerprint density at radius 2 is 1.95 bits per heavy atom. The number of rotatable bonds is 3. The van der Waals surface area contributed by atoms with Gasteiger partial charge in [0.15, 0.2) is 5.71 Å². The molecule has 1 aliphatic rings. The van der Waals surface area contributed by atoms with Crippen molar-refractivity contribution in [2.75, 3.05) is 6.54 Å². The van der Waals surface area contributed by atoms with Crippen molar-refractivity contribution < 1.29 is 17.5 Å². The van der Waals surface area contributed by atoms with E-state index in [4.69, 9.17) is 0 Å². The second-order valence-electron chi connectivity index (χ2n) is 5.02. The summed E-state index contributed by atoms with van der Waals surface area (Å²) in [5.74, 6) is 0. The topological polar surface area (TPSA) is 57.4 Å². The minimum absolute atomic E-state index is 0.0238. The normalized spacial score (nSPS) is 14.3. The monoisotopic (exact) mass is 290 g/mol. The van der Waals surface area contributed by atoms with E-state index in [1.54, 1.807) is 12.1 Å². The molecule has 2 aromatic rings. The largest absolute Gasteiger partial charge is 0.295 e. The van der Waals surface area contributed by atoms with Crippen LogP contribution < -0.4 is 0 Å². The van der Waals surface area contributed by atoms with E-state index in [1.165, 1.54) is 6.07 Å². The number of hydrogen-bond acceptors (Lipinski definition) is 2. The average Bonchev–Trinajstić information content (AvgIpc) is 2.66. The van der Waals surface area contributed by atoms with Crippen LogP contribution >= 0.6 is 0 Å². The fraction of sp³-hybridized carbons (Fsp3) is 0.267. The van der Waals surface area contributed by atoms with Crippen LogP contribution in [-0.4, -0.2) is 29.8 Å². The van der Waals surface area contributed by atoms with E-state index >= 15 is 0 Å². The Balaban J connectivity index is 2.41. The molecule has 0 atom stereocenters. The van der Waals surface area contributed by atoms with Gasteiger partial charge in [-0.3, -0.25) is 4.55 Å². The van der Waals surface area contributed by atoms with Crippen LogP contribution in [-0.2, 0) is 10.1 Å². The third-order valence-corrected chi connectivity index (χ3v) is 4.70. The van der Waals surface area contributed by atoms with E-state index in [-0.39, 0.29) is 4.90 Å². The van der Waals surface area contributed by atoms with Gasteiger partial charge in [0.05, 0.1) is 10.9 Å². The predicted molar refractivity (Wildman–Crippen MR) is 78.6 cm³/mol. The Kier molecular flexibility index (Phi) is 2.92. The molecule has 0 amide bonds. The molecule has 104 valence electrons. The first kappa shape index (κ1) is 13.3. The minimum Gasteiger partial charge on any atom is -0.282 e. The Hall–Kier alpha value is -1.72. The summed E-state index contributed by atoms with van der Waals surface area (Å²) in [4.78, 5) is -0.0238. The molecule has 0 saturated heterocycles. The smallest absolute Gasteiger partial charge is 0.282 e. The van der Waals surface area contributed by atoms with Crippen LogP contribution in [0.2, 0.25) is 0 Å². The summed E-state index contributed by atoms with van der Waals surface area (Å²) in [6.07, 6.45) is 1.01. The van der Waals surface area contributed by atoms with Gasteiger partial charge in [-0.2, -0.15) is 13.0 Å². The Morgan fingerprint density at radius 3 is 2.60 bits per heavy atom. The highest BCUT2D eigenvalue weighted by Crippen LogP contribution is 2.38. The van der Waals surface area contributed by atoms with Gasteiger partial charge in [-0.25, -0.2) is 0 Å². The lowest BCUT2D eigenvalue weighted by molar-refractivity contribution is -0.436. The Labute approximate surface area is 118 Å². The first-order valence-electron chi connectivity index (χ1n) is 6.60. The molecule has 0 unspecified atom stereocenters. The zero-order valence-electron chi connectivity index (χ0n) is 11.4. The van der Waals surface area contributed by atoms with Crippen molar-refractivity contribution >= 4 is 32.3 Å². The average molecular weight is 290 g/mol. The van der Waals surface area contributed by atoms with Crippen molar-refractivity contribution in [2.45, 2.75) is 25.2 Å². The maximum Gasteiger partial charge on any atom is 0.295 e. The Morgan fingerprint density at radius 1 is 1.20 bits per heavy atom. The van der Waals surface area contributed by atoms with Crippen LogP contribution in [0, 0.1) is 0 Å². The van der Waals surface area contributed by atoms with Crippen LogP contribution in [0.4, 0.5) is 5.69 Å². The summed E-state index contributed by atoms with van der Waals surface area (Å²) in [7, 11) is -4.21. The molecule has 0 bridgehead atoms. The van der Waals surface area contributed by atoms with Gasteiger partial charge in [0.25, 0.3) is 10.1 Å². The first-order chi connectivity index (χ1) is 9.45. The molecular weight excluding hydrogens is 274 g/mol. The summed E-state index contributed by atoms with van der Waals surface area (Å²) in [5, 5.41) is 1.49. The number of nitrogens with zero attached hydrogens (tertiary/aromatic N) is 1. The third-order valence-electron chi connectivity index (χ3n) is 3.79. The van der Waals surface area contributed by atoms with Crippen LogP contribution in [0.5, 0.6) is 0 Å². The van der Waals surface area contributed by atoms with Crippen molar-refractivity contribution in [3.05, 3.63) is 35.9 Å². The standard InChI is InChI=1S/C15H15NO3S/c1-3-9-16-10(2)11-5-4-6-12-14(20(17,18)19)8-7-13(16)15(11)12/h4-8H,3,9H2,1-2H3/p+1. The van der Waals surface area contributed by atoms with Crippen molar-refractivity contribution in [1.29, 1.82) is 0 Å². The molecule has 1 aliphatic heterocycles. The second kappa shape index (κ2) is 4.40. The van der Waals surface area contributed by atoms with Crippen LogP contribution in [0.3, 0.4) is 0 Å². The molecular formula is C15H16NO3S+. The maximum absolute atomic E-state index is 11.5. The third kappa shape index (κ3) is 1.77. The number of benzene rings is 2. The molecule has 4 nitrogen and oxygen atoms in total. The van der Waals surface area contributed by atoms with E-state index in [1.807, 2.05) is 19.1 Å². The molecule has 3 rings (SSSR count). The number of hydrogen-bond donors (Lipinski definition) is 1. The molecule has 1 heterocycles. The SMILES string of the molecule is CCC[N+]1=C(C)c2cccc3c(S(=O)(=O)O)ccc1c23. The van der Waals surface area contributed by atoms with Gasteiger partial charge < -0.3 is 0 Å². The van der Waals surface area contributed by atoms with Gasteiger partial charge in [-0.1, -0.05) is 19.1 Å².